The van der Waals surface area contributed by atoms with Gasteiger partial charge in [-0.3, -0.25) is 14.4 Å². The molecule has 3 atom stereocenters. The first-order valence-electron chi connectivity index (χ1n) is 10.2. The summed E-state index contributed by atoms with van der Waals surface area (Å²) < 4.78 is 31.8. The van der Waals surface area contributed by atoms with Crippen molar-refractivity contribution in [3.8, 4) is 23.0 Å². The van der Waals surface area contributed by atoms with E-state index in [0.717, 1.165) is 0 Å². The summed E-state index contributed by atoms with van der Waals surface area (Å²) in [4.78, 5) is 39.2. The number of benzene rings is 2. The lowest BCUT2D eigenvalue weighted by Gasteiger charge is -2.20. The molecule has 1 heterocycles. The fourth-order valence-corrected chi connectivity index (χ4v) is 3.84. The number of ether oxygens (including phenoxy) is 6. The third-order valence-corrected chi connectivity index (χ3v) is 5.43. The summed E-state index contributed by atoms with van der Waals surface area (Å²) in [5.41, 5.74) is 0.651. The Balaban J connectivity index is 2.03. The number of hydrogen-bond donors (Lipinski definition) is 0. The van der Waals surface area contributed by atoms with E-state index in [-0.39, 0.29) is 12.2 Å². The van der Waals surface area contributed by atoms with Crippen molar-refractivity contribution in [3.05, 3.63) is 47.5 Å². The number of esters is 2. The standard InChI is InChI=1S/C24H26O9/c1-6-32-23(26)20-19(21(25)13-7-9-15(28-2)17(11-13)30-4)24(27)33-22(20)14-8-10-16(29-3)18(12-14)31-5/h7-12,19-20,22H,6H2,1-5H3/t19-,20+,22+/m0/s1. The molecule has 1 fully saturated rings. The quantitative estimate of drug-likeness (QED) is 0.318. The molecule has 9 nitrogen and oxygen atoms in total. The molecule has 0 N–H and O–H groups in total. The average molecular weight is 458 g/mol. The molecule has 176 valence electrons. The zero-order valence-corrected chi connectivity index (χ0v) is 19.1. The third kappa shape index (κ3) is 4.57. The van der Waals surface area contributed by atoms with Gasteiger partial charge >= 0.3 is 11.9 Å². The van der Waals surface area contributed by atoms with Gasteiger partial charge in [-0.25, -0.2) is 0 Å². The molecule has 33 heavy (non-hydrogen) atoms. The number of hydrogen-bond acceptors (Lipinski definition) is 9. The number of ketones is 1. The Morgan fingerprint density at radius 1 is 0.848 bits per heavy atom. The molecule has 0 amide bonds. The fraction of sp³-hybridized carbons (Fsp3) is 0.375. The highest BCUT2D eigenvalue weighted by Crippen LogP contribution is 2.44. The molecule has 0 unspecified atom stereocenters. The number of rotatable bonds is 9. The summed E-state index contributed by atoms with van der Waals surface area (Å²) in [6.07, 6.45) is -1.04. The topological polar surface area (TPSA) is 107 Å². The molecular weight excluding hydrogens is 432 g/mol. The van der Waals surface area contributed by atoms with Gasteiger partial charge in [-0.15, -0.1) is 0 Å². The number of carbonyl (C=O) groups excluding carboxylic acids is 3. The van der Waals surface area contributed by atoms with Gasteiger partial charge in [-0.2, -0.15) is 0 Å². The summed E-state index contributed by atoms with van der Waals surface area (Å²) in [6.45, 7) is 1.73. The average Bonchev–Trinajstić information content (AvgIpc) is 3.19. The maximum Gasteiger partial charge on any atom is 0.318 e. The van der Waals surface area contributed by atoms with E-state index in [4.69, 9.17) is 28.4 Å². The summed E-state index contributed by atoms with van der Waals surface area (Å²) in [7, 11) is 5.86. The number of Topliss-reactive ketones (excluding diaryl/α,β-unsaturated/α-hetero) is 1. The molecule has 0 spiro atoms. The van der Waals surface area contributed by atoms with Crippen LogP contribution in [-0.4, -0.2) is 52.8 Å². The highest BCUT2D eigenvalue weighted by Gasteiger charge is 2.54. The zero-order valence-electron chi connectivity index (χ0n) is 19.1. The smallest absolute Gasteiger partial charge is 0.318 e. The summed E-state index contributed by atoms with van der Waals surface area (Å²) >= 11 is 0. The van der Waals surface area contributed by atoms with Crippen molar-refractivity contribution in [2.75, 3.05) is 35.0 Å². The summed E-state index contributed by atoms with van der Waals surface area (Å²) in [6, 6.07) is 9.40. The Labute approximate surface area is 191 Å². The maximum absolute atomic E-state index is 13.4. The van der Waals surface area contributed by atoms with Gasteiger partial charge in [0.15, 0.2) is 28.8 Å². The normalized spacial score (nSPS) is 19.4. The van der Waals surface area contributed by atoms with Crippen LogP contribution >= 0.6 is 0 Å². The van der Waals surface area contributed by atoms with Crippen molar-refractivity contribution in [3.63, 3.8) is 0 Å². The number of carbonyl (C=O) groups is 3. The van der Waals surface area contributed by atoms with Crippen LogP contribution in [0, 0.1) is 11.8 Å². The molecule has 0 saturated carbocycles. The largest absolute Gasteiger partial charge is 0.493 e. The molecule has 0 bridgehead atoms. The molecular formula is C24H26O9. The summed E-state index contributed by atoms with van der Waals surface area (Å²) in [5, 5.41) is 0. The van der Waals surface area contributed by atoms with Crippen LogP contribution in [-0.2, 0) is 19.1 Å². The van der Waals surface area contributed by atoms with E-state index in [1.54, 1.807) is 31.2 Å². The SMILES string of the molecule is CCOC(=O)[C@@H]1[C@@H](C(=O)c2ccc(OC)c(OC)c2)C(=O)O[C@@H]1c1ccc(OC)c(OC)c1. The van der Waals surface area contributed by atoms with Gasteiger partial charge in [-0.05, 0) is 42.8 Å². The fourth-order valence-electron chi connectivity index (χ4n) is 3.84. The first-order chi connectivity index (χ1) is 15.9. The lowest BCUT2D eigenvalue weighted by atomic mass is 9.82. The van der Waals surface area contributed by atoms with Crippen molar-refractivity contribution >= 4 is 17.7 Å². The predicted octanol–water partition coefficient (Wildman–Crippen LogP) is 3.00. The molecule has 9 heteroatoms. The second kappa shape index (κ2) is 10.2. The highest BCUT2D eigenvalue weighted by molar-refractivity contribution is 6.12. The molecule has 1 aliphatic heterocycles. The monoisotopic (exact) mass is 458 g/mol. The van der Waals surface area contributed by atoms with Gasteiger partial charge in [0.1, 0.15) is 17.9 Å². The molecule has 0 aromatic heterocycles. The van der Waals surface area contributed by atoms with Gasteiger partial charge in [0.05, 0.1) is 35.0 Å². The maximum atomic E-state index is 13.4. The van der Waals surface area contributed by atoms with Crippen molar-refractivity contribution in [2.45, 2.75) is 13.0 Å². The molecule has 2 aromatic carbocycles. The lowest BCUT2D eigenvalue weighted by molar-refractivity contribution is -0.150. The van der Waals surface area contributed by atoms with Gasteiger partial charge in [0.25, 0.3) is 0 Å². The molecule has 0 aliphatic carbocycles. The minimum Gasteiger partial charge on any atom is -0.493 e. The Bertz CT molecular complexity index is 1050. The lowest BCUT2D eigenvalue weighted by Crippen LogP contribution is -2.33. The molecule has 0 radical (unpaired) electrons. The van der Waals surface area contributed by atoms with Crippen LogP contribution in [0.4, 0.5) is 0 Å². The van der Waals surface area contributed by atoms with Crippen LogP contribution in [0.1, 0.15) is 28.9 Å². The van der Waals surface area contributed by atoms with Crippen LogP contribution in [0.3, 0.4) is 0 Å². The minimum atomic E-state index is -1.39. The van der Waals surface area contributed by atoms with Gasteiger partial charge in [0, 0.05) is 5.56 Å². The molecule has 3 rings (SSSR count). The van der Waals surface area contributed by atoms with Crippen LogP contribution < -0.4 is 18.9 Å². The predicted molar refractivity (Wildman–Crippen MR) is 116 cm³/mol. The first kappa shape index (κ1) is 23.9. The third-order valence-electron chi connectivity index (χ3n) is 5.43. The van der Waals surface area contributed by atoms with E-state index < -0.39 is 35.7 Å². The Morgan fingerprint density at radius 3 is 2.00 bits per heavy atom. The van der Waals surface area contributed by atoms with Crippen molar-refractivity contribution in [1.29, 1.82) is 0 Å². The summed E-state index contributed by atoms with van der Waals surface area (Å²) in [5.74, 6) is -3.07. The Kier molecular flexibility index (Phi) is 7.42. The molecule has 1 aliphatic rings. The van der Waals surface area contributed by atoms with Crippen LogP contribution in [0.25, 0.3) is 0 Å². The van der Waals surface area contributed by atoms with Crippen molar-refractivity contribution in [2.24, 2.45) is 11.8 Å². The van der Waals surface area contributed by atoms with Crippen LogP contribution in [0.2, 0.25) is 0 Å². The van der Waals surface area contributed by atoms with E-state index in [1.807, 2.05) is 0 Å². The second-order valence-electron chi connectivity index (χ2n) is 7.16. The highest BCUT2D eigenvalue weighted by atomic mass is 16.6. The van der Waals surface area contributed by atoms with Crippen molar-refractivity contribution in [1.82, 2.24) is 0 Å². The van der Waals surface area contributed by atoms with E-state index in [9.17, 15) is 14.4 Å². The van der Waals surface area contributed by atoms with Crippen LogP contribution in [0.5, 0.6) is 23.0 Å². The number of methoxy groups -OCH3 is 4. The Morgan fingerprint density at radius 2 is 1.42 bits per heavy atom. The second-order valence-corrected chi connectivity index (χ2v) is 7.16. The first-order valence-corrected chi connectivity index (χ1v) is 10.2. The van der Waals surface area contributed by atoms with E-state index >= 15 is 0 Å². The van der Waals surface area contributed by atoms with Gasteiger partial charge in [0.2, 0.25) is 0 Å². The van der Waals surface area contributed by atoms with Crippen molar-refractivity contribution < 1.29 is 42.8 Å². The van der Waals surface area contributed by atoms with E-state index in [2.05, 4.69) is 0 Å². The minimum absolute atomic E-state index is 0.0828. The van der Waals surface area contributed by atoms with E-state index in [1.165, 1.54) is 40.6 Å². The van der Waals surface area contributed by atoms with Gasteiger partial charge < -0.3 is 28.4 Å². The molecule has 1 saturated heterocycles. The number of cyclic esters (lactones) is 1. The van der Waals surface area contributed by atoms with Gasteiger partial charge in [-0.1, -0.05) is 6.07 Å². The zero-order chi connectivity index (χ0) is 24.1. The molecule has 2 aromatic rings. The van der Waals surface area contributed by atoms with Crippen LogP contribution in [0.15, 0.2) is 36.4 Å². The Hall–Kier alpha value is -3.75. The van der Waals surface area contributed by atoms with E-state index in [0.29, 0.717) is 28.6 Å².